The molecule has 0 N–H and O–H groups in total. The van der Waals surface area contributed by atoms with E-state index in [2.05, 4.69) is 36.4 Å². The second kappa shape index (κ2) is 4.80. The quantitative estimate of drug-likeness (QED) is 0.710. The highest BCUT2D eigenvalue weighted by molar-refractivity contribution is 5.79. The largest absolute Gasteiger partial charge is 0.464 e. The van der Waals surface area contributed by atoms with Crippen molar-refractivity contribution in [2.45, 2.75) is 25.6 Å². The first-order chi connectivity index (χ1) is 9.88. The van der Waals surface area contributed by atoms with Crippen LogP contribution in [-0.2, 0) is 24.2 Å². The lowest BCUT2D eigenvalue weighted by atomic mass is 10.1. The van der Waals surface area contributed by atoms with Gasteiger partial charge in [0.15, 0.2) is 0 Å². The van der Waals surface area contributed by atoms with E-state index in [1.165, 1.54) is 22.1 Å². The van der Waals surface area contributed by atoms with Gasteiger partial charge < -0.3 is 9.15 Å². The zero-order chi connectivity index (χ0) is 13.4. The first-order valence-electron chi connectivity index (χ1n) is 7.03. The third-order valence-corrected chi connectivity index (χ3v) is 4.00. The van der Waals surface area contributed by atoms with E-state index < -0.39 is 0 Å². The summed E-state index contributed by atoms with van der Waals surface area (Å²) in [4.78, 5) is 0. The van der Waals surface area contributed by atoms with Crippen LogP contribution in [-0.4, -0.2) is 6.10 Å². The molecule has 100 valence electrons. The number of ether oxygens (including phenoxy) is 1. The van der Waals surface area contributed by atoms with Gasteiger partial charge in [-0.1, -0.05) is 30.3 Å². The molecular weight excluding hydrogens is 248 g/mol. The highest BCUT2D eigenvalue weighted by Gasteiger charge is 2.23. The summed E-state index contributed by atoms with van der Waals surface area (Å²) in [6.45, 7) is 0.690. The van der Waals surface area contributed by atoms with Gasteiger partial charge in [0.05, 0.1) is 19.0 Å². The Morgan fingerprint density at radius 2 is 1.80 bits per heavy atom. The van der Waals surface area contributed by atoms with E-state index in [0.717, 1.165) is 18.4 Å². The van der Waals surface area contributed by atoms with Crippen molar-refractivity contribution in [1.29, 1.82) is 0 Å². The average molecular weight is 264 g/mol. The molecule has 0 radical (unpaired) electrons. The summed E-state index contributed by atoms with van der Waals surface area (Å²) in [6, 6.07) is 16.8. The highest BCUT2D eigenvalue weighted by atomic mass is 16.5. The van der Waals surface area contributed by atoms with E-state index in [-0.39, 0.29) is 6.10 Å². The molecule has 1 atom stereocenters. The van der Waals surface area contributed by atoms with Crippen molar-refractivity contribution in [3.63, 3.8) is 0 Å². The molecule has 2 nitrogen and oxygen atoms in total. The second-order valence-electron chi connectivity index (χ2n) is 5.41. The molecule has 0 fully saturated rings. The van der Waals surface area contributed by atoms with Crippen molar-refractivity contribution in [1.82, 2.24) is 0 Å². The van der Waals surface area contributed by atoms with E-state index in [0.29, 0.717) is 6.61 Å². The Morgan fingerprint density at radius 1 is 1.00 bits per heavy atom. The molecule has 0 saturated carbocycles. The topological polar surface area (TPSA) is 22.4 Å². The minimum atomic E-state index is 0.289. The van der Waals surface area contributed by atoms with Gasteiger partial charge in [-0.25, -0.2) is 0 Å². The highest BCUT2D eigenvalue weighted by Crippen LogP contribution is 2.29. The molecule has 1 aliphatic rings. The average Bonchev–Trinajstić information content (AvgIpc) is 3.08. The monoisotopic (exact) mass is 264 g/mol. The Balaban J connectivity index is 1.48. The summed E-state index contributed by atoms with van der Waals surface area (Å²) in [6.07, 6.45) is 4.03. The van der Waals surface area contributed by atoms with Gasteiger partial charge in [-0.15, -0.1) is 0 Å². The van der Waals surface area contributed by atoms with Crippen LogP contribution in [0, 0.1) is 0 Å². The van der Waals surface area contributed by atoms with Crippen LogP contribution in [0.2, 0.25) is 0 Å². The van der Waals surface area contributed by atoms with Gasteiger partial charge >= 0.3 is 0 Å². The molecule has 1 aliphatic carbocycles. The molecule has 1 heterocycles. The van der Waals surface area contributed by atoms with Gasteiger partial charge in [0.1, 0.15) is 5.58 Å². The fraction of sp³-hybridized carbons (Fsp3) is 0.222. The van der Waals surface area contributed by atoms with Crippen molar-refractivity contribution in [3.05, 3.63) is 71.5 Å². The first-order valence-corrected chi connectivity index (χ1v) is 7.03. The zero-order valence-corrected chi connectivity index (χ0v) is 11.2. The van der Waals surface area contributed by atoms with Crippen LogP contribution in [0.1, 0.15) is 16.7 Å². The van der Waals surface area contributed by atoms with Crippen LogP contribution in [0.3, 0.4) is 0 Å². The Bertz CT molecular complexity index is 688. The summed E-state index contributed by atoms with van der Waals surface area (Å²) >= 11 is 0. The number of furan rings is 1. The van der Waals surface area contributed by atoms with E-state index in [1.54, 1.807) is 6.26 Å². The lowest BCUT2D eigenvalue weighted by Crippen LogP contribution is -2.12. The molecule has 1 unspecified atom stereocenters. The molecule has 2 aromatic carbocycles. The predicted molar refractivity (Wildman–Crippen MR) is 78.6 cm³/mol. The Morgan fingerprint density at radius 3 is 2.65 bits per heavy atom. The predicted octanol–water partition coefficient (Wildman–Crippen LogP) is 4.12. The van der Waals surface area contributed by atoms with E-state index >= 15 is 0 Å². The summed E-state index contributed by atoms with van der Waals surface area (Å²) < 4.78 is 11.5. The van der Waals surface area contributed by atoms with Gasteiger partial charge in [0, 0.05) is 5.39 Å². The molecule has 0 saturated heterocycles. The molecule has 0 aliphatic heterocycles. The third-order valence-electron chi connectivity index (χ3n) is 4.00. The maximum absolute atomic E-state index is 6.04. The maximum atomic E-state index is 6.04. The molecule has 2 heteroatoms. The molecule has 4 rings (SSSR count). The van der Waals surface area contributed by atoms with E-state index in [4.69, 9.17) is 9.15 Å². The minimum Gasteiger partial charge on any atom is -0.464 e. The van der Waals surface area contributed by atoms with Gasteiger partial charge in [-0.3, -0.25) is 0 Å². The molecular formula is C18H16O2. The molecule has 0 spiro atoms. The third kappa shape index (κ3) is 2.12. The van der Waals surface area contributed by atoms with Crippen molar-refractivity contribution in [2.24, 2.45) is 0 Å². The molecule has 3 aromatic rings. The van der Waals surface area contributed by atoms with Crippen molar-refractivity contribution >= 4 is 11.0 Å². The number of fused-ring (bicyclic) bond motifs is 2. The summed E-state index contributed by atoms with van der Waals surface area (Å²) in [5.41, 5.74) is 4.98. The second-order valence-corrected chi connectivity index (χ2v) is 5.41. The van der Waals surface area contributed by atoms with E-state index in [1.807, 2.05) is 12.1 Å². The SMILES string of the molecule is c1ccc(COC2Cc3cc4ccoc4cc3C2)cc1. The lowest BCUT2D eigenvalue weighted by Gasteiger charge is -2.10. The van der Waals surface area contributed by atoms with Crippen molar-refractivity contribution in [2.75, 3.05) is 0 Å². The normalized spacial score (nSPS) is 17.5. The van der Waals surface area contributed by atoms with Gasteiger partial charge in [-0.05, 0) is 47.7 Å². The van der Waals surface area contributed by atoms with Crippen LogP contribution >= 0.6 is 0 Å². The van der Waals surface area contributed by atoms with Crippen molar-refractivity contribution in [3.8, 4) is 0 Å². The Labute approximate surface area is 118 Å². The number of hydrogen-bond acceptors (Lipinski definition) is 2. The first kappa shape index (κ1) is 11.7. The smallest absolute Gasteiger partial charge is 0.134 e. The standard InChI is InChI=1S/C18H16O2/c1-2-4-13(5-3-1)12-20-17-9-15-8-14-6-7-19-18(14)11-16(15)10-17/h1-8,11,17H,9-10,12H2. The summed E-state index contributed by atoms with van der Waals surface area (Å²) in [7, 11) is 0. The van der Waals surface area contributed by atoms with Crippen molar-refractivity contribution < 1.29 is 9.15 Å². The molecule has 0 bridgehead atoms. The lowest BCUT2D eigenvalue weighted by molar-refractivity contribution is 0.0479. The van der Waals surface area contributed by atoms with Gasteiger partial charge in [0.25, 0.3) is 0 Å². The van der Waals surface area contributed by atoms with E-state index in [9.17, 15) is 0 Å². The fourth-order valence-electron chi connectivity index (χ4n) is 2.95. The van der Waals surface area contributed by atoms with Crippen LogP contribution in [0.5, 0.6) is 0 Å². The Kier molecular flexibility index (Phi) is 2.82. The summed E-state index contributed by atoms with van der Waals surface area (Å²) in [5, 5.41) is 1.19. The number of benzene rings is 2. The maximum Gasteiger partial charge on any atom is 0.134 e. The summed E-state index contributed by atoms with van der Waals surface area (Å²) in [5.74, 6) is 0. The Hall–Kier alpha value is -2.06. The molecule has 0 amide bonds. The minimum absolute atomic E-state index is 0.289. The zero-order valence-electron chi connectivity index (χ0n) is 11.2. The van der Waals surface area contributed by atoms with Crippen LogP contribution in [0.4, 0.5) is 0 Å². The molecule has 1 aromatic heterocycles. The number of hydrogen-bond donors (Lipinski definition) is 0. The van der Waals surface area contributed by atoms with Gasteiger partial charge in [-0.2, -0.15) is 0 Å². The number of rotatable bonds is 3. The fourth-order valence-corrected chi connectivity index (χ4v) is 2.95. The van der Waals surface area contributed by atoms with Crippen LogP contribution in [0.25, 0.3) is 11.0 Å². The van der Waals surface area contributed by atoms with Crippen LogP contribution < -0.4 is 0 Å². The van der Waals surface area contributed by atoms with Crippen LogP contribution in [0.15, 0.2) is 59.2 Å². The van der Waals surface area contributed by atoms with Gasteiger partial charge in [0.2, 0.25) is 0 Å². The molecule has 20 heavy (non-hydrogen) atoms.